The third kappa shape index (κ3) is 2.32. The molecule has 5 heteroatoms. The molecule has 1 atom stereocenters. The SMILES string of the molecule is CNC(c1ccc2c(c1)CCO2)c1ccc(OC)nn1. The van der Waals surface area contributed by atoms with E-state index in [0.717, 1.165) is 30.0 Å². The molecular weight excluding hydrogens is 254 g/mol. The molecule has 3 rings (SSSR count). The number of aromatic nitrogens is 2. The second-order valence-corrected chi connectivity index (χ2v) is 4.69. The van der Waals surface area contributed by atoms with Gasteiger partial charge in [-0.15, -0.1) is 10.2 Å². The predicted molar refractivity (Wildman–Crippen MR) is 75.1 cm³/mol. The van der Waals surface area contributed by atoms with Crippen molar-refractivity contribution in [2.45, 2.75) is 12.5 Å². The van der Waals surface area contributed by atoms with Gasteiger partial charge < -0.3 is 14.8 Å². The van der Waals surface area contributed by atoms with E-state index >= 15 is 0 Å². The molecule has 2 heterocycles. The van der Waals surface area contributed by atoms with Crippen molar-refractivity contribution in [1.82, 2.24) is 15.5 Å². The first-order valence-corrected chi connectivity index (χ1v) is 6.62. The van der Waals surface area contributed by atoms with E-state index in [9.17, 15) is 0 Å². The van der Waals surface area contributed by atoms with Crippen molar-refractivity contribution in [3.05, 3.63) is 47.2 Å². The Morgan fingerprint density at radius 1 is 1.25 bits per heavy atom. The number of fused-ring (bicyclic) bond motifs is 1. The minimum absolute atomic E-state index is 0.0132. The summed E-state index contributed by atoms with van der Waals surface area (Å²) in [4.78, 5) is 0. The Morgan fingerprint density at radius 2 is 2.15 bits per heavy atom. The molecule has 20 heavy (non-hydrogen) atoms. The lowest BCUT2D eigenvalue weighted by Gasteiger charge is -2.16. The summed E-state index contributed by atoms with van der Waals surface area (Å²) >= 11 is 0. The van der Waals surface area contributed by atoms with Crippen LogP contribution in [0.5, 0.6) is 11.6 Å². The van der Waals surface area contributed by atoms with Crippen LogP contribution in [0.1, 0.15) is 22.9 Å². The molecule has 0 saturated carbocycles. The van der Waals surface area contributed by atoms with Gasteiger partial charge in [0.2, 0.25) is 5.88 Å². The molecule has 0 fully saturated rings. The van der Waals surface area contributed by atoms with Crippen LogP contribution in [-0.2, 0) is 6.42 Å². The highest BCUT2D eigenvalue weighted by atomic mass is 16.5. The van der Waals surface area contributed by atoms with E-state index in [1.165, 1.54) is 5.56 Å². The van der Waals surface area contributed by atoms with E-state index in [1.54, 1.807) is 7.11 Å². The molecule has 0 aliphatic carbocycles. The number of hydrogen-bond acceptors (Lipinski definition) is 5. The number of rotatable bonds is 4. The van der Waals surface area contributed by atoms with Gasteiger partial charge in [0, 0.05) is 12.5 Å². The molecule has 1 aliphatic rings. The number of benzene rings is 1. The van der Waals surface area contributed by atoms with E-state index in [-0.39, 0.29) is 6.04 Å². The van der Waals surface area contributed by atoms with Crippen molar-refractivity contribution in [2.75, 3.05) is 20.8 Å². The van der Waals surface area contributed by atoms with Gasteiger partial charge in [-0.3, -0.25) is 0 Å². The van der Waals surface area contributed by atoms with Gasteiger partial charge in [0.05, 0.1) is 25.5 Å². The summed E-state index contributed by atoms with van der Waals surface area (Å²) < 4.78 is 10.6. The predicted octanol–water partition coefficient (Wildman–Crippen LogP) is 1.73. The summed E-state index contributed by atoms with van der Waals surface area (Å²) in [6.45, 7) is 0.769. The van der Waals surface area contributed by atoms with E-state index in [2.05, 4.69) is 27.6 Å². The van der Waals surface area contributed by atoms with Gasteiger partial charge in [0.1, 0.15) is 5.75 Å². The normalized spacial score (nSPS) is 14.5. The fourth-order valence-corrected chi connectivity index (χ4v) is 2.46. The summed E-state index contributed by atoms with van der Waals surface area (Å²) in [5.74, 6) is 1.51. The minimum atomic E-state index is 0.0132. The molecule has 1 N–H and O–H groups in total. The number of hydrogen-bond donors (Lipinski definition) is 1. The lowest BCUT2D eigenvalue weighted by atomic mass is 10.00. The van der Waals surface area contributed by atoms with Gasteiger partial charge in [0.25, 0.3) is 0 Å². The molecular formula is C15H17N3O2. The lowest BCUT2D eigenvalue weighted by Crippen LogP contribution is -2.19. The van der Waals surface area contributed by atoms with Gasteiger partial charge in [-0.1, -0.05) is 12.1 Å². The highest BCUT2D eigenvalue weighted by molar-refractivity contribution is 5.42. The lowest BCUT2D eigenvalue weighted by molar-refractivity contribution is 0.357. The summed E-state index contributed by atoms with van der Waals surface area (Å²) in [6.07, 6.45) is 0.966. The molecule has 0 spiro atoms. The van der Waals surface area contributed by atoms with Crippen LogP contribution in [0.25, 0.3) is 0 Å². The zero-order valence-corrected chi connectivity index (χ0v) is 11.6. The molecule has 5 nitrogen and oxygen atoms in total. The second-order valence-electron chi connectivity index (χ2n) is 4.69. The molecule has 1 aliphatic heterocycles. The smallest absolute Gasteiger partial charge is 0.233 e. The number of methoxy groups -OCH3 is 1. The highest BCUT2D eigenvalue weighted by Crippen LogP contribution is 2.30. The van der Waals surface area contributed by atoms with E-state index in [0.29, 0.717) is 5.88 Å². The molecule has 104 valence electrons. The standard InChI is InChI=1S/C15H17N3O2/c1-16-15(12-4-6-14(19-2)18-17-12)11-3-5-13-10(9-11)7-8-20-13/h3-6,9,15-16H,7-8H2,1-2H3. The second kappa shape index (κ2) is 5.46. The van der Waals surface area contributed by atoms with Crippen molar-refractivity contribution in [3.63, 3.8) is 0 Å². The third-order valence-corrected chi connectivity index (χ3v) is 3.50. The molecule has 0 bridgehead atoms. The Kier molecular flexibility index (Phi) is 3.52. The van der Waals surface area contributed by atoms with Crippen molar-refractivity contribution in [1.29, 1.82) is 0 Å². The first kappa shape index (κ1) is 12.9. The zero-order valence-electron chi connectivity index (χ0n) is 11.6. The monoisotopic (exact) mass is 271 g/mol. The number of ether oxygens (including phenoxy) is 2. The summed E-state index contributed by atoms with van der Waals surface area (Å²) in [5.41, 5.74) is 3.28. The third-order valence-electron chi connectivity index (χ3n) is 3.50. The zero-order chi connectivity index (χ0) is 13.9. The maximum absolute atomic E-state index is 5.54. The molecule has 1 unspecified atom stereocenters. The van der Waals surface area contributed by atoms with Crippen LogP contribution < -0.4 is 14.8 Å². The molecule has 0 radical (unpaired) electrons. The first-order valence-electron chi connectivity index (χ1n) is 6.62. The Hall–Kier alpha value is -2.14. The minimum Gasteiger partial charge on any atom is -0.493 e. The van der Waals surface area contributed by atoms with Crippen LogP contribution in [0.15, 0.2) is 30.3 Å². The van der Waals surface area contributed by atoms with Crippen LogP contribution in [0.4, 0.5) is 0 Å². The largest absolute Gasteiger partial charge is 0.493 e. The molecule has 1 aromatic carbocycles. The van der Waals surface area contributed by atoms with Gasteiger partial charge in [-0.25, -0.2) is 0 Å². The maximum Gasteiger partial charge on any atom is 0.233 e. The number of nitrogens with zero attached hydrogens (tertiary/aromatic N) is 2. The van der Waals surface area contributed by atoms with Crippen molar-refractivity contribution in [3.8, 4) is 11.6 Å². The van der Waals surface area contributed by atoms with Crippen LogP contribution >= 0.6 is 0 Å². The molecule has 2 aromatic rings. The Balaban J connectivity index is 1.92. The highest BCUT2D eigenvalue weighted by Gasteiger charge is 2.18. The van der Waals surface area contributed by atoms with Crippen molar-refractivity contribution >= 4 is 0 Å². The average Bonchev–Trinajstić information content (AvgIpc) is 2.96. The van der Waals surface area contributed by atoms with Gasteiger partial charge in [0.15, 0.2) is 0 Å². The topological polar surface area (TPSA) is 56.3 Å². The van der Waals surface area contributed by atoms with Crippen LogP contribution in [0.3, 0.4) is 0 Å². The van der Waals surface area contributed by atoms with Gasteiger partial charge in [-0.05, 0) is 30.3 Å². The molecule has 0 saturated heterocycles. The van der Waals surface area contributed by atoms with Crippen LogP contribution in [0, 0.1) is 0 Å². The van der Waals surface area contributed by atoms with Crippen LogP contribution in [-0.4, -0.2) is 31.0 Å². The van der Waals surface area contributed by atoms with Crippen LogP contribution in [0.2, 0.25) is 0 Å². The van der Waals surface area contributed by atoms with E-state index in [4.69, 9.17) is 9.47 Å². The quantitative estimate of drug-likeness (QED) is 0.917. The summed E-state index contributed by atoms with van der Waals surface area (Å²) in [6, 6.07) is 10.0. The van der Waals surface area contributed by atoms with Gasteiger partial charge in [-0.2, -0.15) is 0 Å². The maximum atomic E-state index is 5.54. The van der Waals surface area contributed by atoms with Crippen molar-refractivity contribution < 1.29 is 9.47 Å². The first-order chi connectivity index (χ1) is 9.81. The number of nitrogens with one attached hydrogen (secondary N) is 1. The molecule has 1 aromatic heterocycles. The van der Waals surface area contributed by atoms with Gasteiger partial charge >= 0.3 is 0 Å². The summed E-state index contributed by atoms with van der Waals surface area (Å²) in [5, 5.41) is 11.5. The summed E-state index contributed by atoms with van der Waals surface area (Å²) in [7, 11) is 3.50. The van der Waals surface area contributed by atoms with E-state index < -0.39 is 0 Å². The fraction of sp³-hybridized carbons (Fsp3) is 0.333. The van der Waals surface area contributed by atoms with Crippen molar-refractivity contribution in [2.24, 2.45) is 0 Å². The molecule has 0 amide bonds. The Morgan fingerprint density at radius 3 is 2.85 bits per heavy atom. The fourth-order valence-electron chi connectivity index (χ4n) is 2.46. The van der Waals surface area contributed by atoms with E-state index in [1.807, 2.05) is 25.2 Å². The Labute approximate surface area is 117 Å². The Bertz CT molecular complexity index is 599. The average molecular weight is 271 g/mol.